The van der Waals surface area contributed by atoms with Crippen molar-refractivity contribution in [2.45, 2.75) is 0 Å². The molecule has 6 heteroatoms. The minimum atomic E-state index is -0.317. The molecule has 0 aliphatic heterocycles. The average molecular weight is 362 g/mol. The molecular formula is C20H12ClN3O2. The Morgan fingerprint density at radius 2 is 1.54 bits per heavy atom. The molecule has 0 saturated heterocycles. The molecule has 3 aromatic rings. The van der Waals surface area contributed by atoms with Crippen LogP contribution in [0.3, 0.4) is 0 Å². The van der Waals surface area contributed by atoms with Crippen molar-refractivity contribution in [1.29, 1.82) is 0 Å². The van der Waals surface area contributed by atoms with Crippen LogP contribution in [-0.4, -0.2) is 21.5 Å². The summed E-state index contributed by atoms with van der Waals surface area (Å²) in [6.07, 6.45) is 3.89. The van der Waals surface area contributed by atoms with Crippen molar-refractivity contribution >= 4 is 28.9 Å². The number of aromatic nitrogens is 2. The van der Waals surface area contributed by atoms with Crippen molar-refractivity contribution in [2.75, 3.05) is 5.32 Å². The van der Waals surface area contributed by atoms with Gasteiger partial charge in [-0.25, -0.2) is 9.97 Å². The zero-order valence-corrected chi connectivity index (χ0v) is 14.2. The molecule has 4 rings (SSSR count). The van der Waals surface area contributed by atoms with Crippen molar-refractivity contribution in [1.82, 2.24) is 9.97 Å². The number of carbonyl (C=O) groups excluding carboxylic acids is 2. The summed E-state index contributed by atoms with van der Waals surface area (Å²) in [6.45, 7) is 0. The SMILES string of the molecule is O=C1C(Nc2ccc(-c3ccc(Cl)cc3)cc2)=CC(=O)c2ncncc21. The van der Waals surface area contributed by atoms with Gasteiger partial charge in [0, 0.05) is 23.0 Å². The lowest BCUT2D eigenvalue weighted by atomic mass is 9.98. The highest BCUT2D eigenvalue weighted by atomic mass is 35.5. The van der Waals surface area contributed by atoms with Crippen LogP contribution >= 0.6 is 11.6 Å². The predicted octanol–water partition coefficient (Wildman–Crippen LogP) is 4.17. The van der Waals surface area contributed by atoms with Gasteiger partial charge in [-0.3, -0.25) is 9.59 Å². The highest BCUT2D eigenvalue weighted by Gasteiger charge is 2.27. The molecule has 126 valence electrons. The van der Waals surface area contributed by atoms with E-state index in [1.54, 1.807) is 0 Å². The minimum absolute atomic E-state index is 0.133. The highest BCUT2D eigenvalue weighted by molar-refractivity contribution is 6.30. The Kier molecular flexibility index (Phi) is 4.07. The maximum atomic E-state index is 12.5. The van der Waals surface area contributed by atoms with Crippen LogP contribution in [0.25, 0.3) is 11.1 Å². The number of halogens is 1. The first-order chi connectivity index (χ1) is 12.6. The van der Waals surface area contributed by atoms with Crippen LogP contribution in [0.1, 0.15) is 20.8 Å². The number of rotatable bonds is 3. The molecule has 1 aromatic heterocycles. The summed E-state index contributed by atoms with van der Waals surface area (Å²) in [6, 6.07) is 15.1. The van der Waals surface area contributed by atoms with Crippen LogP contribution in [-0.2, 0) is 0 Å². The van der Waals surface area contributed by atoms with Crippen LogP contribution < -0.4 is 5.32 Å². The summed E-state index contributed by atoms with van der Waals surface area (Å²) in [5, 5.41) is 3.69. The molecule has 2 aromatic carbocycles. The first-order valence-corrected chi connectivity index (χ1v) is 8.23. The van der Waals surface area contributed by atoms with Crippen molar-refractivity contribution in [2.24, 2.45) is 0 Å². The lowest BCUT2D eigenvalue weighted by Crippen LogP contribution is -2.22. The van der Waals surface area contributed by atoms with Crippen LogP contribution in [0.5, 0.6) is 0 Å². The third-order valence-electron chi connectivity index (χ3n) is 4.05. The molecule has 0 saturated carbocycles. The van der Waals surface area contributed by atoms with Gasteiger partial charge < -0.3 is 5.32 Å². The molecule has 5 nitrogen and oxygen atoms in total. The fourth-order valence-electron chi connectivity index (χ4n) is 2.74. The molecule has 1 N–H and O–H groups in total. The molecule has 26 heavy (non-hydrogen) atoms. The number of hydrogen-bond donors (Lipinski definition) is 1. The standard InChI is InChI=1S/C20H12ClN3O2/c21-14-5-1-12(2-6-14)13-3-7-15(8-4-13)24-17-9-18(25)19-16(20(17)26)10-22-11-23-19/h1-11,24H. The molecule has 0 bridgehead atoms. The number of hydrogen-bond acceptors (Lipinski definition) is 5. The monoisotopic (exact) mass is 361 g/mol. The second-order valence-electron chi connectivity index (χ2n) is 5.75. The Bertz CT molecular complexity index is 1040. The second-order valence-corrected chi connectivity index (χ2v) is 6.18. The van der Waals surface area contributed by atoms with Gasteiger partial charge in [-0.05, 0) is 35.4 Å². The van der Waals surface area contributed by atoms with Gasteiger partial charge in [-0.2, -0.15) is 0 Å². The highest BCUT2D eigenvalue weighted by Crippen LogP contribution is 2.25. The van der Waals surface area contributed by atoms with Crippen LogP contribution in [0, 0.1) is 0 Å². The van der Waals surface area contributed by atoms with E-state index in [0.717, 1.165) is 11.1 Å². The molecule has 1 heterocycles. The Hall–Kier alpha value is -3.31. The normalized spacial score (nSPS) is 13.2. The second kappa shape index (κ2) is 6.54. The molecule has 0 amide bonds. The number of allylic oxidation sites excluding steroid dienone is 2. The van der Waals surface area contributed by atoms with Crippen molar-refractivity contribution in [3.8, 4) is 11.1 Å². The lowest BCUT2D eigenvalue weighted by molar-refractivity contribution is 0.0981. The largest absolute Gasteiger partial charge is 0.352 e. The lowest BCUT2D eigenvalue weighted by Gasteiger charge is -2.15. The molecule has 1 aliphatic carbocycles. The number of anilines is 1. The van der Waals surface area contributed by atoms with E-state index in [4.69, 9.17) is 11.6 Å². The van der Waals surface area contributed by atoms with Crippen LogP contribution in [0.15, 0.2) is 72.8 Å². The van der Waals surface area contributed by atoms with Crippen molar-refractivity contribution in [3.05, 3.63) is 89.1 Å². The van der Waals surface area contributed by atoms with E-state index in [0.29, 0.717) is 10.7 Å². The number of fused-ring (bicyclic) bond motifs is 1. The Labute approximate surface area is 154 Å². The maximum absolute atomic E-state index is 12.5. The van der Waals surface area contributed by atoms with Crippen LogP contribution in [0.4, 0.5) is 5.69 Å². The Balaban J connectivity index is 1.57. The first-order valence-electron chi connectivity index (χ1n) is 7.85. The van der Waals surface area contributed by atoms with E-state index in [2.05, 4.69) is 15.3 Å². The number of benzene rings is 2. The number of carbonyl (C=O) groups is 2. The fraction of sp³-hybridized carbons (Fsp3) is 0. The van der Waals surface area contributed by atoms with Gasteiger partial charge in [-0.1, -0.05) is 35.9 Å². The predicted molar refractivity (Wildman–Crippen MR) is 99.3 cm³/mol. The third-order valence-corrected chi connectivity index (χ3v) is 4.30. The van der Waals surface area contributed by atoms with Gasteiger partial charge in [0.1, 0.15) is 12.0 Å². The van der Waals surface area contributed by atoms with Gasteiger partial charge in [0.2, 0.25) is 11.6 Å². The molecular weight excluding hydrogens is 350 g/mol. The Morgan fingerprint density at radius 3 is 2.23 bits per heavy atom. The van der Waals surface area contributed by atoms with E-state index in [1.165, 1.54) is 18.6 Å². The smallest absolute Gasteiger partial charge is 0.213 e. The maximum Gasteiger partial charge on any atom is 0.213 e. The summed E-state index contributed by atoms with van der Waals surface area (Å²) >= 11 is 5.91. The van der Waals surface area contributed by atoms with E-state index in [1.807, 2.05) is 48.5 Å². The number of nitrogens with one attached hydrogen (secondary N) is 1. The van der Waals surface area contributed by atoms with Gasteiger partial charge >= 0.3 is 0 Å². The molecule has 0 spiro atoms. The zero-order valence-electron chi connectivity index (χ0n) is 13.4. The summed E-state index contributed by atoms with van der Waals surface area (Å²) < 4.78 is 0. The average Bonchev–Trinajstić information content (AvgIpc) is 2.67. The first kappa shape index (κ1) is 16.2. The van der Waals surface area contributed by atoms with E-state index >= 15 is 0 Å². The summed E-state index contributed by atoms with van der Waals surface area (Å²) in [5.74, 6) is -0.621. The number of ketones is 2. The molecule has 0 atom stereocenters. The molecule has 1 aliphatic rings. The van der Waals surface area contributed by atoms with Crippen molar-refractivity contribution in [3.63, 3.8) is 0 Å². The van der Waals surface area contributed by atoms with E-state index < -0.39 is 0 Å². The molecule has 0 radical (unpaired) electrons. The zero-order chi connectivity index (χ0) is 18.1. The third kappa shape index (κ3) is 3.00. The van der Waals surface area contributed by atoms with Gasteiger partial charge in [0.15, 0.2) is 0 Å². The van der Waals surface area contributed by atoms with Gasteiger partial charge in [0.25, 0.3) is 0 Å². The van der Waals surface area contributed by atoms with Gasteiger partial charge in [-0.15, -0.1) is 0 Å². The van der Waals surface area contributed by atoms with Crippen LogP contribution in [0.2, 0.25) is 5.02 Å². The topological polar surface area (TPSA) is 72.0 Å². The van der Waals surface area contributed by atoms with E-state index in [-0.39, 0.29) is 28.5 Å². The number of nitrogens with zero attached hydrogens (tertiary/aromatic N) is 2. The molecule has 0 unspecified atom stereocenters. The minimum Gasteiger partial charge on any atom is -0.352 e. The van der Waals surface area contributed by atoms with Gasteiger partial charge in [0.05, 0.1) is 11.3 Å². The summed E-state index contributed by atoms with van der Waals surface area (Å²) in [4.78, 5) is 32.3. The van der Waals surface area contributed by atoms with Crippen molar-refractivity contribution < 1.29 is 9.59 Å². The Morgan fingerprint density at radius 1 is 0.885 bits per heavy atom. The number of Topliss-reactive ketones (excluding diaryl/α,β-unsaturated/α-hetero) is 1. The fourth-order valence-corrected chi connectivity index (χ4v) is 2.86. The quantitative estimate of drug-likeness (QED) is 0.758. The summed E-state index contributed by atoms with van der Waals surface area (Å²) in [7, 11) is 0. The summed E-state index contributed by atoms with van der Waals surface area (Å²) in [5.41, 5.74) is 3.31. The molecule has 0 fully saturated rings. The van der Waals surface area contributed by atoms with E-state index in [9.17, 15) is 9.59 Å².